The van der Waals surface area contributed by atoms with Gasteiger partial charge < -0.3 is 5.32 Å². The minimum absolute atomic E-state index is 0.0432. The van der Waals surface area contributed by atoms with Crippen molar-refractivity contribution in [2.45, 2.75) is 38.3 Å². The van der Waals surface area contributed by atoms with Crippen LogP contribution in [0.4, 0.5) is 0 Å². The Morgan fingerprint density at radius 3 is 2.48 bits per heavy atom. The number of rotatable bonds is 4. The number of carbonyl (C=O) groups excluding carboxylic acids is 1. The predicted molar refractivity (Wildman–Crippen MR) is 109 cm³/mol. The maximum Gasteiger partial charge on any atom is 0.274 e. The quantitative estimate of drug-likeness (QED) is 0.680. The highest BCUT2D eigenvalue weighted by atomic mass is 79.9. The lowest BCUT2D eigenvalue weighted by Gasteiger charge is -2.16. The van der Waals surface area contributed by atoms with Crippen LogP contribution in [0.3, 0.4) is 0 Å². The Labute approximate surface area is 165 Å². The molecule has 0 bridgehead atoms. The van der Waals surface area contributed by atoms with Crippen LogP contribution in [-0.2, 0) is 6.54 Å². The second kappa shape index (κ2) is 7.64. The lowest BCUT2D eigenvalue weighted by Crippen LogP contribution is -2.30. The lowest BCUT2D eigenvalue weighted by molar-refractivity contribution is 0.0949. The molecule has 1 fully saturated rings. The van der Waals surface area contributed by atoms with Crippen LogP contribution >= 0.6 is 15.9 Å². The number of amides is 1. The Hall–Kier alpha value is -2.47. The molecule has 2 aromatic carbocycles. The summed E-state index contributed by atoms with van der Waals surface area (Å²) in [5.74, 6) is -0.174. The summed E-state index contributed by atoms with van der Waals surface area (Å²) in [6.45, 7) is 0.272. The molecule has 138 valence electrons. The molecule has 0 unspecified atom stereocenters. The summed E-state index contributed by atoms with van der Waals surface area (Å²) in [6, 6.07) is 14.9. The van der Waals surface area contributed by atoms with Crippen molar-refractivity contribution in [1.29, 1.82) is 0 Å². The third kappa shape index (κ3) is 3.54. The molecule has 0 saturated heterocycles. The van der Waals surface area contributed by atoms with Crippen LogP contribution in [0, 0.1) is 0 Å². The third-order valence-corrected chi connectivity index (χ3v) is 5.80. The van der Waals surface area contributed by atoms with E-state index in [0.29, 0.717) is 10.9 Å². The van der Waals surface area contributed by atoms with Gasteiger partial charge in [-0.3, -0.25) is 9.59 Å². The molecule has 27 heavy (non-hydrogen) atoms. The molecule has 1 aromatic heterocycles. The van der Waals surface area contributed by atoms with Gasteiger partial charge in [0.2, 0.25) is 0 Å². The molecule has 1 aliphatic rings. The number of carbonyl (C=O) groups is 1. The first-order chi connectivity index (χ1) is 13.1. The maximum absolute atomic E-state index is 12.9. The third-order valence-electron chi connectivity index (χ3n) is 5.11. The Kier molecular flexibility index (Phi) is 5.07. The first kappa shape index (κ1) is 17.9. The Morgan fingerprint density at radius 1 is 1.07 bits per heavy atom. The zero-order chi connectivity index (χ0) is 18.8. The van der Waals surface area contributed by atoms with Crippen LogP contribution in [0.25, 0.3) is 10.8 Å². The van der Waals surface area contributed by atoms with Gasteiger partial charge in [-0.15, -0.1) is 0 Å². The summed E-state index contributed by atoms with van der Waals surface area (Å²) in [4.78, 5) is 25.4. The standard InChI is InChI=1S/C21H20BrN3O2/c22-18-12-6-5-11-17(18)20(26)23-13-19-15-9-3-4-10-16(15)21(27)25(24-19)14-7-1-2-8-14/h3-6,9-12,14H,1-2,7-8,13H2,(H,23,26). The van der Waals surface area contributed by atoms with E-state index >= 15 is 0 Å². The van der Waals surface area contributed by atoms with Crippen molar-refractivity contribution in [2.24, 2.45) is 0 Å². The number of hydrogen-bond acceptors (Lipinski definition) is 3. The average Bonchev–Trinajstić information content (AvgIpc) is 3.22. The van der Waals surface area contributed by atoms with Crippen molar-refractivity contribution in [2.75, 3.05) is 0 Å². The van der Waals surface area contributed by atoms with Gasteiger partial charge in [-0.05, 0) is 47.0 Å². The zero-order valence-corrected chi connectivity index (χ0v) is 16.4. The Morgan fingerprint density at radius 2 is 1.74 bits per heavy atom. The molecule has 3 aromatic rings. The summed E-state index contributed by atoms with van der Waals surface area (Å²) < 4.78 is 2.38. The molecular formula is C21H20BrN3O2. The van der Waals surface area contributed by atoms with Crippen LogP contribution in [0.1, 0.15) is 47.8 Å². The topological polar surface area (TPSA) is 64.0 Å². The minimum Gasteiger partial charge on any atom is -0.346 e. The average molecular weight is 426 g/mol. The highest BCUT2D eigenvalue weighted by Gasteiger charge is 2.21. The van der Waals surface area contributed by atoms with Crippen LogP contribution in [0.15, 0.2) is 57.8 Å². The molecule has 1 N–H and O–H groups in total. The normalized spacial score (nSPS) is 14.6. The lowest BCUT2D eigenvalue weighted by atomic mass is 10.1. The molecule has 1 amide bonds. The monoisotopic (exact) mass is 425 g/mol. The molecule has 1 aliphatic carbocycles. The van der Waals surface area contributed by atoms with Gasteiger partial charge in [-0.25, -0.2) is 4.68 Å². The van der Waals surface area contributed by atoms with E-state index in [9.17, 15) is 9.59 Å². The van der Waals surface area contributed by atoms with Crippen molar-refractivity contribution in [1.82, 2.24) is 15.1 Å². The van der Waals surface area contributed by atoms with E-state index in [0.717, 1.165) is 41.2 Å². The fourth-order valence-electron chi connectivity index (χ4n) is 3.71. The maximum atomic E-state index is 12.9. The van der Waals surface area contributed by atoms with Gasteiger partial charge in [-0.1, -0.05) is 43.2 Å². The number of nitrogens with zero attached hydrogens (tertiary/aromatic N) is 2. The largest absolute Gasteiger partial charge is 0.346 e. The van der Waals surface area contributed by atoms with E-state index in [4.69, 9.17) is 0 Å². The number of fused-ring (bicyclic) bond motifs is 1. The van der Waals surface area contributed by atoms with E-state index in [1.807, 2.05) is 42.5 Å². The Bertz CT molecular complexity index is 1050. The van der Waals surface area contributed by atoms with Crippen LogP contribution < -0.4 is 10.9 Å². The van der Waals surface area contributed by atoms with E-state index in [1.165, 1.54) is 0 Å². The summed E-state index contributed by atoms with van der Waals surface area (Å²) >= 11 is 3.41. The number of hydrogen-bond donors (Lipinski definition) is 1. The second-order valence-electron chi connectivity index (χ2n) is 6.84. The number of benzene rings is 2. The summed E-state index contributed by atoms with van der Waals surface area (Å²) in [5.41, 5.74) is 1.25. The van der Waals surface area contributed by atoms with Gasteiger partial charge in [0, 0.05) is 9.86 Å². The van der Waals surface area contributed by atoms with Crippen molar-refractivity contribution < 1.29 is 4.79 Å². The molecule has 1 heterocycles. The zero-order valence-electron chi connectivity index (χ0n) is 14.8. The first-order valence-corrected chi connectivity index (χ1v) is 9.97. The summed E-state index contributed by atoms with van der Waals surface area (Å²) in [7, 11) is 0. The predicted octanol–water partition coefficient (Wildman–Crippen LogP) is 4.20. The SMILES string of the molecule is O=C(NCc1nn(C2CCCC2)c(=O)c2ccccc12)c1ccccc1Br. The molecule has 0 aliphatic heterocycles. The number of nitrogens with one attached hydrogen (secondary N) is 1. The fourth-order valence-corrected chi connectivity index (χ4v) is 4.17. The molecule has 0 radical (unpaired) electrons. The van der Waals surface area contributed by atoms with E-state index in [-0.39, 0.29) is 24.1 Å². The van der Waals surface area contributed by atoms with E-state index in [2.05, 4.69) is 26.3 Å². The van der Waals surface area contributed by atoms with Gasteiger partial charge in [0.05, 0.1) is 29.2 Å². The van der Waals surface area contributed by atoms with Crippen LogP contribution in [0.5, 0.6) is 0 Å². The van der Waals surface area contributed by atoms with Gasteiger partial charge in [0.25, 0.3) is 11.5 Å². The first-order valence-electron chi connectivity index (χ1n) is 9.18. The molecule has 6 heteroatoms. The van der Waals surface area contributed by atoms with Crippen molar-refractivity contribution in [3.63, 3.8) is 0 Å². The van der Waals surface area contributed by atoms with Crippen molar-refractivity contribution in [3.8, 4) is 0 Å². The summed E-state index contributed by atoms with van der Waals surface area (Å²) in [5, 5.41) is 9.04. The van der Waals surface area contributed by atoms with Gasteiger partial charge in [0.1, 0.15) is 0 Å². The molecule has 4 rings (SSSR count). The molecule has 0 spiro atoms. The van der Waals surface area contributed by atoms with Gasteiger partial charge in [-0.2, -0.15) is 5.10 Å². The molecule has 1 saturated carbocycles. The number of aromatic nitrogens is 2. The highest BCUT2D eigenvalue weighted by Crippen LogP contribution is 2.28. The summed E-state index contributed by atoms with van der Waals surface area (Å²) in [6.07, 6.45) is 4.21. The van der Waals surface area contributed by atoms with Crippen molar-refractivity contribution in [3.05, 3.63) is 74.6 Å². The van der Waals surface area contributed by atoms with E-state index < -0.39 is 0 Å². The minimum atomic E-state index is -0.174. The van der Waals surface area contributed by atoms with Crippen LogP contribution in [0.2, 0.25) is 0 Å². The van der Waals surface area contributed by atoms with Crippen LogP contribution in [-0.4, -0.2) is 15.7 Å². The highest BCUT2D eigenvalue weighted by molar-refractivity contribution is 9.10. The molecular weight excluding hydrogens is 406 g/mol. The van der Waals surface area contributed by atoms with Crippen molar-refractivity contribution >= 4 is 32.6 Å². The molecule has 0 atom stereocenters. The fraction of sp³-hybridized carbons (Fsp3) is 0.286. The molecule has 5 nitrogen and oxygen atoms in total. The van der Waals surface area contributed by atoms with E-state index in [1.54, 1.807) is 10.7 Å². The smallest absolute Gasteiger partial charge is 0.274 e. The Balaban J connectivity index is 1.68. The second-order valence-corrected chi connectivity index (χ2v) is 7.70. The van der Waals surface area contributed by atoms with Gasteiger partial charge in [0.15, 0.2) is 0 Å². The van der Waals surface area contributed by atoms with Gasteiger partial charge >= 0.3 is 0 Å². The number of halogens is 1.